The molecule has 0 radical (unpaired) electrons. The molecule has 0 bridgehead atoms. The van der Waals surface area contributed by atoms with Crippen LogP contribution in [0.4, 0.5) is 0 Å². The maximum atomic E-state index is 5.89. The summed E-state index contributed by atoms with van der Waals surface area (Å²) >= 11 is 0. The smallest absolute Gasteiger partial charge is 0.165 e. The molecule has 0 amide bonds. The molecule has 0 aliphatic rings. The normalized spacial score (nSPS) is 13.2. The van der Waals surface area contributed by atoms with Crippen LogP contribution in [0, 0.1) is 0 Å². The molecule has 318 valence electrons. The van der Waals surface area contributed by atoms with Gasteiger partial charge in [0.1, 0.15) is 11.0 Å². The highest BCUT2D eigenvalue weighted by molar-refractivity contribution is 6.33. The summed E-state index contributed by atoms with van der Waals surface area (Å²) in [5.41, 5.74) is 16.8. The topological polar surface area (TPSA) is 39.5 Å². The third-order valence-corrected chi connectivity index (χ3v) is 15.1. The molecule has 15 rings (SSSR count). The van der Waals surface area contributed by atoms with Gasteiger partial charge in [-0.2, -0.15) is 0 Å². The van der Waals surface area contributed by atoms with Crippen molar-refractivity contribution < 1.29 is 0 Å². The zero-order chi connectivity index (χ0) is 44.8. The molecular formula is C62H45N5. The van der Waals surface area contributed by atoms with Gasteiger partial charge in [0.2, 0.25) is 0 Å². The Hall–Kier alpha value is -8.02. The predicted molar refractivity (Wildman–Crippen MR) is 284 cm³/mol. The van der Waals surface area contributed by atoms with Gasteiger partial charge in [0.15, 0.2) is 11.3 Å². The largest absolute Gasteiger partial charge is 0.309 e. The fraction of sp³-hybridized carbons (Fsp3) is 0.129. The first kappa shape index (κ1) is 37.2. The van der Waals surface area contributed by atoms with Crippen molar-refractivity contribution >= 4 is 120 Å². The number of hydrogen-bond acceptors (Lipinski definition) is 2. The molecule has 0 spiro atoms. The summed E-state index contributed by atoms with van der Waals surface area (Å²) in [5, 5.41) is 14.7. The van der Waals surface area contributed by atoms with E-state index in [2.05, 4.69) is 219 Å². The standard InChI is InChI=1S/C62H45N5/c1-61(2,3)37-25-27-51-45(31-37)52-40-20-12-11-17-35(40)30-47-54-59(66(51)58(47)52)63-55-48-33-38(62(4,5)6)32-46-53-41-21-13-10-16-34(41)28-43(57(53)67(56(46)48)60(55)64-54)36-24-26-50-44(29-36)42-22-14-15-23-49(42)65(50)39-18-8-7-9-19-39/h7-33H,1-6H3. The summed E-state index contributed by atoms with van der Waals surface area (Å²) < 4.78 is 7.29. The van der Waals surface area contributed by atoms with Crippen LogP contribution in [0.1, 0.15) is 52.7 Å². The predicted octanol–water partition coefficient (Wildman–Crippen LogP) is 16.4. The van der Waals surface area contributed by atoms with E-state index < -0.39 is 0 Å². The van der Waals surface area contributed by atoms with E-state index in [1.807, 2.05) is 0 Å². The molecule has 0 aliphatic heterocycles. The van der Waals surface area contributed by atoms with Crippen LogP contribution >= 0.6 is 0 Å². The molecular weight excluding hydrogens is 815 g/mol. The fourth-order valence-corrected chi connectivity index (χ4v) is 11.9. The van der Waals surface area contributed by atoms with Crippen molar-refractivity contribution in [3.05, 3.63) is 175 Å². The molecule has 0 atom stereocenters. The number of para-hydroxylation sites is 2. The maximum absolute atomic E-state index is 5.89. The molecule has 67 heavy (non-hydrogen) atoms. The molecule has 0 aliphatic carbocycles. The second-order valence-corrected chi connectivity index (χ2v) is 21.0. The van der Waals surface area contributed by atoms with E-state index in [-0.39, 0.29) is 10.8 Å². The average Bonchev–Trinajstić information content (AvgIpc) is 4.12. The van der Waals surface area contributed by atoms with Crippen molar-refractivity contribution in [1.82, 2.24) is 23.3 Å². The number of rotatable bonds is 2. The van der Waals surface area contributed by atoms with Gasteiger partial charge in [0, 0.05) is 54.3 Å². The molecule has 5 heteroatoms. The molecule has 6 aromatic heterocycles. The van der Waals surface area contributed by atoms with Crippen molar-refractivity contribution in [2.24, 2.45) is 0 Å². The van der Waals surface area contributed by atoms with Gasteiger partial charge in [0.25, 0.3) is 0 Å². The van der Waals surface area contributed by atoms with E-state index in [1.54, 1.807) is 0 Å². The number of benzene rings is 9. The molecule has 0 fully saturated rings. The molecule has 9 aromatic carbocycles. The molecule has 5 nitrogen and oxygen atoms in total. The summed E-state index contributed by atoms with van der Waals surface area (Å²) in [6.45, 7) is 13.9. The summed E-state index contributed by atoms with van der Waals surface area (Å²) in [4.78, 5) is 11.7. The van der Waals surface area contributed by atoms with Gasteiger partial charge < -0.3 is 4.57 Å². The lowest BCUT2D eigenvalue weighted by molar-refractivity contribution is 0.591. The summed E-state index contributed by atoms with van der Waals surface area (Å²) in [7, 11) is 0. The van der Waals surface area contributed by atoms with Crippen LogP contribution in [0.3, 0.4) is 0 Å². The van der Waals surface area contributed by atoms with Crippen LogP contribution < -0.4 is 0 Å². The van der Waals surface area contributed by atoms with Crippen molar-refractivity contribution in [2.75, 3.05) is 0 Å². The van der Waals surface area contributed by atoms with E-state index in [9.17, 15) is 0 Å². The number of fused-ring (bicyclic) bond motifs is 19. The number of hydrogen-bond donors (Lipinski definition) is 0. The zero-order valence-corrected chi connectivity index (χ0v) is 38.3. The van der Waals surface area contributed by atoms with E-state index in [4.69, 9.17) is 9.97 Å². The van der Waals surface area contributed by atoms with Crippen molar-refractivity contribution in [3.8, 4) is 16.8 Å². The first-order chi connectivity index (χ1) is 32.5. The lowest BCUT2D eigenvalue weighted by atomic mass is 9.85. The first-order valence-electron chi connectivity index (χ1n) is 23.6. The second-order valence-electron chi connectivity index (χ2n) is 21.0. The fourth-order valence-electron chi connectivity index (χ4n) is 11.9. The van der Waals surface area contributed by atoms with E-state index in [0.717, 1.165) is 38.8 Å². The molecule has 0 N–H and O–H groups in total. The van der Waals surface area contributed by atoms with Crippen LogP contribution in [0.15, 0.2) is 164 Å². The Kier molecular flexibility index (Phi) is 6.92. The minimum Gasteiger partial charge on any atom is -0.309 e. The SMILES string of the molecule is CC(C)(C)c1ccc2c(c1)c1c3ccccc3cc3c4nc5c(nc4n2c31)c1cc(C(C)(C)C)cc2c3c4ccccc4cc(-c4ccc6c(c4)c4ccccc4n6-c4ccccc4)c3n5c12. The van der Waals surface area contributed by atoms with Crippen molar-refractivity contribution in [2.45, 2.75) is 52.4 Å². The Morgan fingerprint density at radius 3 is 1.67 bits per heavy atom. The van der Waals surface area contributed by atoms with E-state index in [0.29, 0.717) is 0 Å². The Morgan fingerprint density at radius 2 is 0.940 bits per heavy atom. The average molecular weight is 860 g/mol. The van der Waals surface area contributed by atoms with Gasteiger partial charge in [-0.25, -0.2) is 9.97 Å². The number of aromatic nitrogens is 5. The molecule has 15 aromatic rings. The van der Waals surface area contributed by atoms with Gasteiger partial charge in [-0.1, -0.05) is 139 Å². The lowest BCUT2D eigenvalue weighted by Crippen LogP contribution is -2.10. The molecule has 0 unspecified atom stereocenters. The van der Waals surface area contributed by atoms with E-state index in [1.165, 1.54) is 109 Å². The highest BCUT2D eigenvalue weighted by Gasteiger charge is 2.30. The van der Waals surface area contributed by atoms with Crippen LogP contribution in [0.5, 0.6) is 0 Å². The number of nitrogens with zero attached hydrogens (tertiary/aromatic N) is 5. The van der Waals surface area contributed by atoms with Gasteiger partial charge >= 0.3 is 0 Å². The zero-order valence-electron chi connectivity index (χ0n) is 38.3. The first-order valence-corrected chi connectivity index (χ1v) is 23.6. The Labute approximate surface area is 385 Å². The second kappa shape index (κ2) is 12.4. The van der Waals surface area contributed by atoms with Gasteiger partial charge in [-0.15, -0.1) is 0 Å². The van der Waals surface area contributed by atoms with Crippen LogP contribution in [-0.4, -0.2) is 23.3 Å². The summed E-state index contributed by atoms with van der Waals surface area (Å²) in [6, 6.07) is 61.1. The van der Waals surface area contributed by atoms with Crippen molar-refractivity contribution in [1.29, 1.82) is 0 Å². The highest BCUT2D eigenvalue weighted by atomic mass is 15.1. The lowest BCUT2D eigenvalue weighted by Gasteiger charge is -2.19. The maximum Gasteiger partial charge on any atom is 0.165 e. The Bertz CT molecular complexity index is 4620. The van der Waals surface area contributed by atoms with E-state index >= 15 is 0 Å². The molecule has 0 saturated carbocycles. The summed E-state index contributed by atoms with van der Waals surface area (Å²) in [6.07, 6.45) is 0. The monoisotopic (exact) mass is 859 g/mol. The Balaban J connectivity index is 1.13. The minimum atomic E-state index is -0.110. The molecule has 0 saturated heterocycles. The third kappa shape index (κ3) is 4.78. The molecule has 6 heterocycles. The van der Waals surface area contributed by atoms with Gasteiger partial charge in [-0.3, -0.25) is 8.80 Å². The van der Waals surface area contributed by atoms with Crippen LogP contribution in [0.2, 0.25) is 0 Å². The van der Waals surface area contributed by atoms with Crippen molar-refractivity contribution in [3.63, 3.8) is 0 Å². The third-order valence-electron chi connectivity index (χ3n) is 15.1. The minimum absolute atomic E-state index is 0.00927. The quantitative estimate of drug-likeness (QED) is 0.174. The van der Waals surface area contributed by atoms with Crippen LogP contribution in [0.25, 0.3) is 137 Å². The van der Waals surface area contributed by atoms with Gasteiger partial charge in [-0.05, 0) is 116 Å². The summed E-state index contributed by atoms with van der Waals surface area (Å²) in [5.74, 6) is 0. The highest BCUT2D eigenvalue weighted by Crippen LogP contribution is 2.49. The van der Waals surface area contributed by atoms with Crippen LogP contribution in [-0.2, 0) is 10.8 Å². The van der Waals surface area contributed by atoms with Gasteiger partial charge in [0.05, 0.1) is 33.1 Å². The Morgan fingerprint density at radius 1 is 0.373 bits per heavy atom.